The van der Waals surface area contributed by atoms with Gasteiger partial charge < -0.3 is 25.2 Å². The van der Waals surface area contributed by atoms with E-state index in [0.29, 0.717) is 48.9 Å². The summed E-state index contributed by atoms with van der Waals surface area (Å²) in [6.45, 7) is 2.63. The van der Waals surface area contributed by atoms with Gasteiger partial charge in [-0.15, -0.1) is 0 Å². The molecule has 2 aromatic carbocycles. The molecule has 1 aromatic heterocycles. The van der Waals surface area contributed by atoms with Crippen molar-refractivity contribution in [1.29, 1.82) is 0 Å². The molecule has 0 bridgehead atoms. The average molecular weight is 510 g/mol. The van der Waals surface area contributed by atoms with E-state index in [4.69, 9.17) is 4.74 Å². The van der Waals surface area contributed by atoms with Gasteiger partial charge in [-0.3, -0.25) is 4.79 Å². The SMILES string of the molecule is COc1cccc(NC(=O)Nc2ccc(N3CCN(C(=O)c4ccc(Br)cc4)CC3)nc2)c1. The molecule has 1 fully saturated rings. The molecule has 33 heavy (non-hydrogen) atoms. The van der Waals surface area contributed by atoms with Gasteiger partial charge in [-0.25, -0.2) is 9.78 Å². The van der Waals surface area contributed by atoms with Crippen LogP contribution in [-0.4, -0.2) is 55.1 Å². The Labute approximate surface area is 200 Å². The van der Waals surface area contributed by atoms with Crippen molar-refractivity contribution in [3.8, 4) is 5.75 Å². The largest absolute Gasteiger partial charge is 0.497 e. The molecule has 2 heterocycles. The number of urea groups is 1. The van der Waals surface area contributed by atoms with Gasteiger partial charge in [-0.1, -0.05) is 22.0 Å². The van der Waals surface area contributed by atoms with E-state index in [9.17, 15) is 9.59 Å². The van der Waals surface area contributed by atoms with Gasteiger partial charge in [0.05, 0.1) is 19.0 Å². The zero-order valence-electron chi connectivity index (χ0n) is 18.1. The molecule has 1 aliphatic rings. The van der Waals surface area contributed by atoms with Crippen molar-refractivity contribution < 1.29 is 14.3 Å². The van der Waals surface area contributed by atoms with Crippen molar-refractivity contribution in [2.24, 2.45) is 0 Å². The lowest BCUT2D eigenvalue weighted by Gasteiger charge is -2.35. The normalized spacial score (nSPS) is 13.4. The van der Waals surface area contributed by atoms with Gasteiger partial charge in [-0.05, 0) is 48.5 Å². The molecule has 9 heteroatoms. The molecule has 2 N–H and O–H groups in total. The molecular formula is C24H24BrN5O3. The fraction of sp³-hybridized carbons (Fsp3) is 0.208. The first-order valence-corrected chi connectivity index (χ1v) is 11.3. The van der Waals surface area contributed by atoms with Crippen LogP contribution in [-0.2, 0) is 0 Å². The summed E-state index contributed by atoms with van der Waals surface area (Å²) in [6.07, 6.45) is 1.62. The highest BCUT2D eigenvalue weighted by atomic mass is 79.9. The summed E-state index contributed by atoms with van der Waals surface area (Å²) in [6, 6.07) is 17.9. The van der Waals surface area contributed by atoms with Crippen molar-refractivity contribution >= 4 is 45.1 Å². The summed E-state index contributed by atoms with van der Waals surface area (Å²) in [5, 5.41) is 5.54. The topological polar surface area (TPSA) is 86.8 Å². The molecule has 0 radical (unpaired) electrons. The summed E-state index contributed by atoms with van der Waals surface area (Å²) in [5.74, 6) is 1.51. The van der Waals surface area contributed by atoms with Gasteiger partial charge >= 0.3 is 6.03 Å². The van der Waals surface area contributed by atoms with Gasteiger partial charge in [0.2, 0.25) is 0 Å². The van der Waals surface area contributed by atoms with Crippen LogP contribution in [0.3, 0.4) is 0 Å². The van der Waals surface area contributed by atoms with E-state index in [1.807, 2.05) is 47.4 Å². The van der Waals surface area contributed by atoms with Crippen molar-refractivity contribution in [3.63, 3.8) is 0 Å². The van der Waals surface area contributed by atoms with Gasteiger partial charge in [0.15, 0.2) is 0 Å². The molecule has 0 aliphatic carbocycles. The number of carbonyl (C=O) groups excluding carboxylic acids is 2. The zero-order valence-corrected chi connectivity index (χ0v) is 19.7. The number of amides is 3. The second-order valence-electron chi connectivity index (χ2n) is 7.50. The van der Waals surface area contributed by atoms with Crippen molar-refractivity contribution in [3.05, 3.63) is 76.9 Å². The Morgan fingerprint density at radius 1 is 0.939 bits per heavy atom. The summed E-state index contributed by atoms with van der Waals surface area (Å²) in [5.41, 5.74) is 1.91. The third kappa shape index (κ3) is 5.81. The van der Waals surface area contributed by atoms with Crippen LogP contribution in [0.1, 0.15) is 10.4 Å². The molecule has 3 amide bonds. The maximum Gasteiger partial charge on any atom is 0.323 e. The second kappa shape index (κ2) is 10.4. The minimum absolute atomic E-state index is 0.0386. The van der Waals surface area contributed by atoms with Crippen LogP contribution in [0.5, 0.6) is 5.75 Å². The second-order valence-corrected chi connectivity index (χ2v) is 8.42. The fourth-order valence-corrected chi connectivity index (χ4v) is 3.82. The molecular weight excluding hydrogens is 486 g/mol. The van der Waals surface area contributed by atoms with Gasteiger partial charge in [0.25, 0.3) is 5.91 Å². The zero-order chi connectivity index (χ0) is 23.2. The molecule has 4 rings (SSSR count). The van der Waals surface area contributed by atoms with Crippen molar-refractivity contribution in [2.45, 2.75) is 0 Å². The summed E-state index contributed by atoms with van der Waals surface area (Å²) < 4.78 is 6.11. The smallest absolute Gasteiger partial charge is 0.323 e. The lowest BCUT2D eigenvalue weighted by molar-refractivity contribution is 0.0746. The molecule has 1 saturated heterocycles. The molecule has 0 saturated carbocycles. The number of anilines is 3. The first-order chi connectivity index (χ1) is 16.0. The number of nitrogens with zero attached hydrogens (tertiary/aromatic N) is 3. The highest BCUT2D eigenvalue weighted by Crippen LogP contribution is 2.20. The Balaban J connectivity index is 1.29. The molecule has 1 aliphatic heterocycles. The standard InChI is InChI=1S/C24H24BrN5O3/c1-33-21-4-2-3-19(15-21)27-24(32)28-20-9-10-22(26-16-20)29-11-13-30(14-12-29)23(31)17-5-7-18(25)8-6-17/h2-10,15-16H,11-14H2,1H3,(H2,27,28,32). The van der Waals surface area contributed by atoms with E-state index in [1.165, 1.54) is 0 Å². The summed E-state index contributed by atoms with van der Waals surface area (Å²) in [4.78, 5) is 33.4. The number of pyridine rings is 1. The Bertz CT molecular complexity index is 1110. The van der Waals surface area contributed by atoms with Crippen LogP contribution >= 0.6 is 15.9 Å². The number of hydrogen-bond donors (Lipinski definition) is 2. The quantitative estimate of drug-likeness (QED) is 0.530. The minimum Gasteiger partial charge on any atom is -0.497 e. The molecule has 0 atom stereocenters. The summed E-state index contributed by atoms with van der Waals surface area (Å²) >= 11 is 3.39. The van der Waals surface area contributed by atoms with E-state index >= 15 is 0 Å². The number of nitrogens with one attached hydrogen (secondary N) is 2. The number of rotatable bonds is 5. The minimum atomic E-state index is -0.363. The number of aromatic nitrogens is 1. The van der Waals surface area contributed by atoms with Crippen LogP contribution in [0.4, 0.5) is 22.0 Å². The van der Waals surface area contributed by atoms with Crippen molar-refractivity contribution in [1.82, 2.24) is 9.88 Å². The lowest BCUT2D eigenvalue weighted by atomic mass is 10.2. The number of piperazine rings is 1. The Morgan fingerprint density at radius 3 is 2.33 bits per heavy atom. The average Bonchev–Trinajstić information content (AvgIpc) is 2.85. The van der Waals surface area contributed by atoms with E-state index < -0.39 is 0 Å². The van der Waals surface area contributed by atoms with Crippen LogP contribution in [0.15, 0.2) is 71.3 Å². The van der Waals surface area contributed by atoms with E-state index in [0.717, 1.165) is 10.3 Å². The number of benzene rings is 2. The lowest BCUT2D eigenvalue weighted by Crippen LogP contribution is -2.49. The highest BCUT2D eigenvalue weighted by Gasteiger charge is 2.22. The fourth-order valence-electron chi connectivity index (χ4n) is 3.56. The van der Waals surface area contributed by atoms with Crippen LogP contribution in [0.2, 0.25) is 0 Å². The maximum atomic E-state index is 12.7. The predicted octanol–water partition coefficient (Wildman–Crippen LogP) is 4.46. The van der Waals surface area contributed by atoms with Gasteiger partial charge in [-0.2, -0.15) is 0 Å². The Hall–Kier alpha value is -3.59. The molecule has 8 nitrogen and oxygen atoms in total. The number of carbonyl (C=O) groups is 2. The van der Waals surface area contributed by atoms with Gasteiger partial charge in [0, 0.05) is 48.0 Å². The van der Waals surface area contributed by atoms with Crippen LogP contribution in [0, 0.1) is 0 Å². The van der Waals surface area contributed by atoms with Crippen molar-refractivity contribution in [2.75, 3.05) is 48.8 Å². The number of methoxy groups -OCH3 is 1. The third-order valence-corrected chi connectivity index (χ3v) is 5.84. The molecule has 170 valence electrons. The van der Waals surface area contributed by atoms with E-state index in [1.54, 1.807) is 31.5 Å². The van der Waals surface area contributed by atoms with Crippen LogP contribution in [0.25, 0.3) is 0 Å². The first-order valence-electron chi connectivity index (χ1n) is 10.5. The van der Waals surface area contributed by atoms with E-state index in [2.05, 4.69) is 36.4 Å². The maximum absolute atomic E-state index is 12.7. The Morgan fingerprint density at radius 2 is 1.67 bits per heavy atom. The monoisotopic (exact) mass is 509 g/mol. The number of hydrogen-bond acceptors (Lipinski definition) is 5. The Kier molecular flexibility index (Phi) is 7.09. The van der Waals surface area contributed by atoms with Crippen LogP contribution < -0.4 is 20.3 Å². The van der Waals surface area contributed by atoms with E-state index in [-0.39, 0.29) is 11.9 Å². The highest BCUT2D eigenvalue weighted by molar-refractivity contribution is 9.10. The first kappa shape index (κ1) is 22.6. The predicted molar refractivity (Wildman–Crippen MR) is 132 cm³/mol. The number of halogens is 1. The molecule has 0 spiro atoms. The van der Waals surface area contributed by atoms with Gasteiger partial charge in [0.1, 0.15) is 11.6 Å². The molecule has 3 aromatic rings. The molecule has 0 unspecified atom stereocenters. The third-order valence-electron chi connectivity index (χ3n) is 5.32. The number of ether oxygens (including phenoxy) is 1. The summed E-state index contributed by atoms with van der Waals surface area (Å²) in [7, 11) is 1.58.